The number of ether oxygens (including phenoxy) is 1. The van der Waals surface area contributed by atoms with Gasteiger partial charge in [-0.25, -0.2) is 22.0 Å². The van der Waals surface area contributed by atoms with Gasteiger partial charge in [-0.3, -0.25) is 9.59 Å². The third-order valence-corrected chi connectivity index (χ3v) is 2.64. The van der Waals surface area contributed by atoms with Crippen molar-refractivity contribution < 1.29 is 36.3 Å². The zero-order chi connectivity index (χ0) is 16.3. The molecule has 1 aromatic rings. The number of benzene rings is 1. The summed E-state index contributed by atoms with van der Waals surface area (Å²) in [5, 5.41) is 0. The smallest absolute Gasteiger partial charge is 0.325 e. The van der Waals surface area contributed by atoms with Crippen LogP contribution in [0.4, 0.5) is 22.0 Å². The third kappa shape index (κ3) is 3.11. The summed E-state index contributed by atoms with van der Waals surface area (Å²) < 4.78 is 70.2. The number of likely N-dealkylation sites (N-methyl/N-ethyl adjacent to an activating group) is 1. The maximum atomic E-state index is 13.5. The molecule has 1 rings (SSSR count). The Morgan fingerprint density at radius 1 is 0.952 bits per heavy atom. The second-order valence-corrected chi connectivity index (χ2v) is 3.84. The van der Waals surface area contributed by atoms with E-state index in [2.05, 4.69) is 4.74 Å². The zero-order valence-electron chi connectivity index (χ0n) is 11.0. The van der Waals surface area contributed by atoms with E-state index in [1.807, 2.05) is 0 Å². The molecule has 0 aliphatic heterocycles. The van der Waals surface area contributed by atoms with Crippen LogP contribution in [-0.2, 0) is 9.53 Å². The molecule has 0 heterocycles. The first-order valence-electron chi connectivity index (χ1n) is 5.63. The fourth-order valence-electron chi connectivity index (χ4n) is 1.50. The molecule has 0 saturated carbocycles. The Balaban J connectivity index is 3.32. The molecule has 1 amide bonds. The van der Waals surface area contributed by atoms with Gasteiger partial charge in [-0.15, -0.1) is 0 Å². The molecule has 0 unspecified atom stereocenters. The summed E-state index contributed by atoms with van der Waals surface area (Å²) >= 11 is 0. The Bertz CT molecular complexity index is 562. The number of halogens is 5. The van der Waals surface area contributed by atoms with Gasteiger partial charge in [0.05, 0.1) is 7.11 Å². The van der Waals surface area contributed by atoms with Crippen LogP contribution in [0.25, 0.3) is 0 Å². The molecule has 0 radical (unpaired) electrons. The van der Waals surface area contributed by atoms with Crippen molar-refractivity contribution in [2.75, 3.05) is 20.2 Å². The quantitative estimate of drug-likeness (QED) is 0.370. The average molecular weight is 311 g/mol. The molecular formula is C12H10F5NO3. The fourth-order valence-corrected chi connectivity index (χ4v) is 1.50. The van der Waals surface area contributed by atoms with Crippen LogP contribution in [0.3, 0.4) is 0 Å². The van der Waals surface area contributed by atoms with Crippen molar-refractivity contribution in [3.05, 3.63) is 34.6 Å². The molecule has 21 heavy (non-hydrogen) atoms. The van der Waals surface area contributed by atoms with E-state index in [9.17, 15) is 31.5 Å². The zero-order valence-corrected chi connectivity index (χ0v) is 11.0. The van der Waals surface area contributed by atoms with Gasteiger partial charge >= 0.3 is 5.97 Å². The first-order valence-corrected chi connectivity index (χ1v) is 5.63. The number of methoxy groups -OCH3 is 1. The Hall–Kier alpha value is -2.19. The number of nitrogens with zero attached hydrogens (tertiary/aromatic N) is 1. The first kappa shape index (κ1) is 16.9. The molecule has 0 atom stereocenters. The third-order valence-electron chi connectivity index (χ3n) is 2.64. The van der Waals surface area contributed by atoms with Crippen molar-refractivity contribution in [3.8, 4) is 0 Å². The van der Waals surface area contributed by atoms with E-state index in [-0.39, 0.29) is 6.54 Å². The number of hydrogen-bond donors (Lipinski definition) is 0. The van der Waals surface area contributed by atoms with Crippen molar-refractivity contribution in [2.24, 2.45) is 0 Å². The van der Waals surface area contributed by atoms with E-state index in [0.717, 1.165) is 7.11 Å². The SMILES string of the molecule is CCN(CC(=O)OC)C(=O)c1c(F)c(F)c(F)c(F)c1F. The second kappa shape index (κ2) is 6.51. The van der Waals surface area contributed by atoms with Crippen LogP contribution in [0.5, 0.6) is 0 Å². The highest BCUT2D eigenvalue weighted by Gasteiger charge is 2.32. The highest BCUT2D eigenvalue weighted by atomic mass is 19.2. The minimum absolute atomic E-state index is 0.201. The van der Waals surface area contributed by atoms with E-state index < -0.39 is 53.1 Å². The van der Waals surface area contributed by atoms with Crippen LogP contribution in [0, 0.1) is 29.1 Å². The predicted molar refractivity (Wildman–Crippen MR) is 59.8 cm³/mol. The normalized spacial score (nSPS) is 10.4. The Kier molecular flexibility index (Phi) is 5.23. The van der Waals surface area contributed by atoms with Crippen LogP contribution in [0.15, 0.2) is 0 Å². The molecule has 0 spiro atoms. The average Bonchev–Trinajstić information content (AvgIpc) is 2.48. The molecule has 0 aliphatic carbocycles. The van der Waals surface area contributed by atoms with Gasteiger partial charge in [-0.05, 0) is 6.92 Å². The topological polar surface area (TPSA) is 46.6 Å². The number of amides is 1. The Morgan fingerprint density at radius 2 is 1.38 bits per heavy atom. The van der Waals surface area contributed by atoms with Crippen LogP contribution in [0.1, 0.15) is 17.3 Å². The van der Waals surface area contributed by atoms with Gasteiger partial charge in [0.1, 0.15) is 12.1 Å². The predicted octanol–water partition coefficient (Wildman–Crippen LogP) is 2.02. The number of rotatable bonds is 4. The van der Waals surface area contributed by atoms with Crippen molar-refractivity contribution in [3.63, 3.8) is 0 Å². The lowest BCUT2D eigenvalue weighted by molar-refractivity contribution is -0.141. The molecule has 0 bridgehead atoms. The number of carbonyl (C=O) groups excluding carboxylic acids is 2. The van der Waals surface area contributed by atoms with Crippen LogP contribution < -0.4 is 0 Å². The number of hydrogen-bond acceptors (Lipinski definition) is 3. The molecular weight excluding hydrogens is 301 g/mol. The standard InChI is InChI=1S/C12H10F5NO3/c1-3-18(4-5(19)21-2)12(20)6-7(13)9(15)11(17)10(16)8(6)14/h3-4H2,1-2H3. The van der Waals surface area contributed by atoms with E-state index in [0.29, 0.717) is 4.90 Å². The van der Waals surface area contributed by atoms with E-state index in [4.69, 9.17) is 0 Å². The first-order chi connectivity index (χ1) is 9.76. The molecule has 0 aromatic heterocycles. The van der Waals surface area contributed by atoms with Crippen LogP contribution in [0.2, 0.25) is 0 Å². The summed E-state index contributed by atoms with van der Waals surface area (Å²) in [6.07, 6.45) is 0. The monoisotopic (exact) mass is 311 g/mol. The van der Waals surface area contributed by atoms with Crippen molar-refractivity contribution in [2.45, 2.75) is 6.92 Å². The molecule has 4 nitrogen and oxygen atoms in total. The molecule has 0 saturated heterocycles. The summed E-state index contributed by atoms with van der Waals surface area (Å²) in [5.74, 6) is -13.7. The van der Waals surface area contributed by atoms with Crippen molar-refractivity contribution in [1.82, 2.24) is 4.90 Å². The molecule has 9 heteroatoms. The molecule has 1 aromatic carbocycles. The highest BCUT2D eigenvalue weighted by molar-refractivity contribution is 5.96. The molecule has 0 aliphatic rings. The summed E-state index contributed by atoms with van der Waals surface area (Å²) in [7, 11) is 1.01. The van der Waals surface area contributed by atoms with Crippen LogP contribution in [-0.4, -0.2) is 37.0 Å². The Labute approximate surface area is 116 Å². The lowest BCUT2D eigenvalue weighted by Gasteiger charge is -2.20. The van der Waals surface area contributed by atoms with Gasteiger partial charge in [-0.1, -0.05) is 0 Å². The summed E-state index contributed by atoms with van der Waals surface area (Å²) in [4.78, 5) is 23.5. The number of esters is 1. The lowest BCUT2D eigenvalue weighted by atomic mass is 10.1. The van der Waals surface area contributed by atoms with Gasteiger partial charge in [0.2, 0.25) is 5.82 Å². The number of carbonyl (C=O) groups is 2. The molecule has 116 valence electrons. The van der Waals surface area contributed by atoms with Gasteiger partial charge in [0, 0.05) is 6.54 Å². The maximum absolute atomic E-state index is 13.5. The largest absolute Gasteiger partial charge is 0.468 e. The van der Waals surface area contributed by atoms with Crippen LogP contribution >= 0.6 is 0 Å². The Morgan fingerprint density at radius 3 is 1.76 bits per heavy atom. The lowest BCUT2D eigenvalue weighted by Crippen LogP contribution is -2.37. The van der Waals surface area contributed by atoms with Gasteiger partial charge < -0.3 is 9.64 Å². The van der Waals surface area contributed by atoms with E-state index in [1.54, 1.807) is 0 Å². The minimum atomic E-state index is -2.36. The second-order valence-electron chi connectivity index (χ2n) is 3.84. The van der Waals surface area contributed by atoms with Gasteiger partial charge in [0.25, 0.3) is 5.91 Å². The van der Waals surface area contributed by atoms with E-state index in [1.165, 1.54) is 6.92 Å². The van der Waals surface area contributed by atoms with Crippen molar-refractivity contribution in [1.29, 1.82) is 0 Å². The fraction of sp³-hybridized carbons (Fsp3) is 0.333. The summed E-state index contributed by atoms with van der Waals surface area (Å²) in [5.41, 5.74) is -1.61. The minimum Gasteiger partial charge on any atom is -0.468 e. The molecule has 0 fully saturated rings. The van der Waals surface area contributed by atoms with Gasteiger partial charge in [0.15, 0.2) is 23.3 Å². The highest BCUT2D eigenvalue weighted by Crippen LogP contribution is 2.24. The summed E-state index contributed by atoms with van der Waals surface area (Å²) in [6.45, 7) is 0.464. The maximum Gasteiger partial charge on any atom is 0.325 e. The van der Waals surface area contributed by atoms with Crippen molar-refractivity contribution >= 4 is 11.9 Å². The summed E-state index contributed by atoms with van der Waals surface area (Å²) in [6, 6.07) is 0. The van der Waals surface area contributed by atoms with Gasteiger partial charge in [-0.2, -0.15) is 0 Å². The van der Waals surface area contributed by atoms with E-state index >= 15 is 0 Å². The molecule has 0 N–H and O–H groups in total.